The van der Waals surface area contributed by atoms with Crippen molar-refractivity contribution in [3.05, 3.63) is 34.9 Å². The molecule has 0 heterocycles. The number of aliphatic hydroxyl groups excluding tert-OH is 1. The Balaban J connectivity index is 2.46. The molecule has 0 saturated carbocycles. The molecule has 0 aliphatic rings. The number of rotatable bonds is 8. The van der Waals surface area contributed by atoms with E-state index >= 15 is 0 Å². The second-order valence-electron chi connectivity index (χ2n) is 5.05. The summed E-state index contributed by atoms with van der Waals surface area (Å²) in [4.78, 5) is 0. The Morgan fingerprint density at radius 3 is 2.74 bits per heavy atom. The van der Waals surface area contributed by atoms with Crippen LogP contribution in [0.25, 0.3) is 0 Å². The van der Waals surface area contributed by atoms with E-state index in [-0.39, 0.29) is 6.61 Å². The third-order valence-electron chi connectivity index (χ3n) is 3.45. The first-order valence-corrected chi connectivity index (χ1v) is 7.02. The average molecular weight is 260 g/mol. The van der Waals surface area contributed by atoms with Gasteiger partial charge in [0.25, 0.3) is 0 Å². The first-order valence-electron chi connectivity index (χ1n) is 7.02. The standard InChI is InChI=1S/C16H24N2O/c1-3-4-14(7-8-19)11-18-12-16-6-5-15(10-17)9-13(16)2/h5-6,9,14,18-19H,3-4,7-8,11-12H2,1-2H3. The molecule has 0 bridgehead atoms. The van der Waals surface area contributed by atoms with Gasteiger partial charge in [0, 0.05) is 13.2 Å². The molecular formula is C16H24N2O. The van der Waals surface area contributed by atoms with Crippen molar-refractivity contribution in [2.45, 2.75) is 39.7 Å². The lowest BCUT2D eigenvalue weighted by Crippen LogP contribution is -2.23. The predicted octanol–water partition coefficient (Wildman–Crippen LogP) is 2.76. The first kappa shape index (κ1) is 15.7. The minimum atomic E-state index is 0.266. The monoisotopic (exact) mass is 260 g/mol. The number of aryl methyl sites for hydroxylation is 1. The van der Waals surface area contributed by atoms with E-state index in [0.29, 0.717) is 11.5 Å². The molecule has 0 aliphatic heterocycles. The van der Waals surface area contributed by atoms with E-state index in [2.05, 4.69) is 18.3 Å². The lowest BCUT2D eigenvalue weighted by Gasteiger charge is -2.16. The number of hydrogen-bond donors (Lipinski definition) is 2. The molecule has 0 aromatic heterocycles. The minimum absolute atomic E-state index is 0.266. The number of nitriles is 1. The van der Waals surface area contributed by atoms with E-state index in [0.717, 1.165) is 37.9 Å². The minimum Gasteiger partial charge on any atom is -0.396 e. The number of nitrogens with zero attached hydrogens (tertiary/aromatic N) is 1. The fraction of sp³-hybridized carbons (Fsp3) is 0.562. The Morgan fingerprint density at radius 1 is 1.37 bits per heavy atom. The van der Waals surface area contributed by atoms with Crippen LogP contribution in [0.4, 0.5) is 0 Å². The highest BCUT2D eigenvalue weighted by Crippen LogP contribution is 2.12. The topological polar surface area (TPSA) is 56.0 Å². The molecule has 3 heteroatoms. The molecule has 0 aliphatic carbocycles. The Labute approximate surface area is 116 Å². The van der Waals surface area contributed by atoms with Crippen molar-refractivity contribution in [2.75, 3.05) is 13.2 Å². The van der Waals surface area contributed by atoms with Gasteiger partial charge < -0.3 is 10.4 Å². The summed E-state index contributed by atoms with van der Waals surface area (Å²) in [5.74, 6) is 0.550. The summed E-state index contributed by atoms with van der Waals surface area (Å²) < 4.78 is 0. The molecule has 1 unspecified atom stereocenters. The molecule has 0 radical (unpaired) electrons. The van der Waals surface area contributed by atoms with Gasteiger partial charge in [0.05, 0.1) is 11.6 Å². The zero-order valence-electron chi connectivity index (χ0n) is 11.9. The van der Waals surface area contributed by atoms with Gasteiger partial charge >= 0.3 is 0 Å². The Bertz CT molecular complexity index is 417. The SMILES string of the molecule is CCCC(CCO)CNCc1ccc(C#N)cc1C. The molecule has 1 aromatic carbocycles. The van der Waals surface area contributed by atoms with Gasteiger partial charge in [-0.25, -0.2) is 0 Å². The van der Waals surface area contributed by atoms with Crippen molar-refractivity contribution in [1.29, 1.82) is 5.26 Å². The predicted molar refractivity (Wildman–Crippen MR) is 77.7 cm³/mol. The third-order valence-corrected chi connectivity index (χ3v) is 3.45. The van der Waals surface area contributed by atoms with E-state index in [1.54, 1.807) is 0 Å². The van der Waals surface area contributed by atoms with Crippen LogP contribution in [-0.2, 0) is 6.54 Å². The molecule has 1 atom stereocenters. The van der Waals surface area contributed by atoms with Gasteiger partial charge in [0.2, 0.25) is 0 Å². The molecular weight excluding hydrogens is 236 g/mol. The summed E-state index contributed by atoms with van der Waals surface area (Å²) >= 11 is 0. The largest absolute Gasteiger partial charge is 0.396 e. The Hall–Kier alpha value is -1.37. The van der Waals surface area contributed by atoms with Crippen molar-refractivity contribution >= 4 is 0 Å². The molecule has 104 valence electrons. The second kappa shape index (κ2) is 8.68. The average Bonchev–Trinajstić information content (AvgIpc) is 2.41. The van der Waals surface area contributed by atoms with Crippen molar-refractivity contribution in [3.8, 4) is 6.07 Å². The van der Waals surface area contributed by atoms with E-state index < -0.39 is 0 Å². The summed E-state index contributed by atoms with van der Waals surface area (Å²) in [6.45, 7) is 6.24. The van der Waals surface area contributed by atoms with Gasteiger partial charge in [-0.2, -0.15) is 5.26 Å². The lowest BCUT2D eigenvalue weighted by molar-refractivity contribution is 0.248. The second-order valence-corrected chi connectivity index (χ2v) is 5.05. The molecule has 0 fully saturated rings. The highest BCUT2D eigenvalue weighted by Gasteiger charge is 2.07. The van der Waals surface area contributed by atoms with Crippen molar-refractivity contribution in [3.63, 3.8) is 0 Å². The number of hydrogen-bond acceptors (Lipinski definition) is 3. The third kappa shape index (κ3) is 5.42. The van der Waals surface area contributed by atoms with Crippen LogP contribution in [0.3, 0.4) is 0 Å². The van der Waals surface area contributed by atoms with E-state index in [1.807, 2.05) is 25.1 Å². The maximum atomic E-state index is 9.02. The fourth-order valence-electron chi connectivity index (χ4n) is 2.31. The van der Waals surface area contributed by atoms with E-state index in [1.165, 1.54) is 5.56 Å². The molecule has 1 rings (SSSR count). The number of nitrogens with one attached hydrogen (secondary N) is 1. The molecule has 0 spiro atoms. The van der Waals surface area contributed by atoms with Crippen LogP contribution < -0.4 is 5.32 Å². The lowest BCUT2D eigenvalue weighted by atomic mass is 10.00. The summed E-state index contributed by atoms with van der Waals surface area (Å²) in [7, 11) is 0. The highest BCUT2D eigenvalue weighted by atomic mass is 16.3. The smallest absolute Gasteiger partial charge is 0.0991 e. The summed E-state index contributed by atoms with van der Waals surface area (Å²) in [5.41, 5.74) is 3.10. The van der Waals surface area contributed by atoms with Crippen LogP contribution in [-0.4, -0.2) is 18.3 Å². The van der Waals surface area contributed by atoms with Gasteiger partial charge in [-0.05, 0) is 55.5 Å². The Morgan fingerprint density at radius 2 is 2.16 bits per heavy atom. The van der Waals surface area contributed by atoms with Gasteiger partial charge in [0.15, 0.2) is 0 Å². The summed E-state index contributed by atoms with van der Waals surface area (Å²) in [5, 5.41) is 21.3. The zero-order chi connectivity index (χ0) is 14.1. The maximum absolute atomic E-state index is 9.02. The van der Waals surface area contributed by atoms with Crippen LogP contribution in [0.1, 0.15) is 42.9 Å². The molecule has 3 nitrogen and oxygen atoms in total. The molecule has 2 N–H and O–H groups in total. The summed E-state index contributed by atoms with van der Waals surface area (Å²) in [6, 6.07) is 7.96. The van der Waals surface area contributed by atoms with Crippen LogP contribution in [0.2, 0.25) is 0 Å². The normalized spacial score (nSPS) is 12.1. The summed E-state index contributed by atoms with van der Waals surface area (Å²) in [6.07, 6.45) is 3.18. The fourth-order valence-corrected chi connectivity index (χ4v) is 2.31. The van der Waals surface area contributed by atoms with Gasteiger partial charge in [-0.1, -0.05) is 19.4 Å². The Kier molecular flexibility index (Phi) is 7.17. The van der Waals surface area contributed by atoms with Crippen molar-refractivity contribution in [2.24, 2.45) is 5.92 Å². The van der Waals surface area contributed by atoms with Crippen LogP contribution in [0, 0.1) is 24.2 Å². The first-order chi connectivity index (χ1) is 9.21. The molecule has 19 heavy (non-hydrogen) atoms. The van der Waals surface area contributed by atoms with Crippen LogP contribution >= 0.6 is 0 Å². The zero-order valence-corrected chi connectivity index (χ0v) is 11.9. The van der Waals surface area contributed by atoms with Crippen LogP contribution in [0.15, 0.2) is 18.2 Å². The van der Waals surface area contributed by atoms with Gasteiger partial charge in [-0.3, -0.25) is 0 Å². The maximum Gasteiger partial charge on any atom is 0.0991 e. The number of benzene rings is 1. The van der Waals surface area contributed by atoms with E-state index in [4.69, 9.17) is 10.4 Å². The van der Waals surface area contributed by atoms with Gasteiger partial charge in [-0.15, -0.1) is 0 Å². The van der Waals surface area contributed by atoms with Gasteiger partial charge in [0.1, 0.15) is 0 Å². The molecule has 0 amide bonds. The quantitative estimate of drug-likeness (QED) is 0.755. The van der Waals surface area contributed by atoms with E-state index in [9.17, 15) is 0 Å². The van der Waals surface area contributed by atoms with Crippen molar-refractivity contribution < 1.29 is 5.11 Å². The molecule has 1 aromatic rings. The highest BCUT2D eigenvalue weighted by molar-refractivity contribution is 5.37. The van der Waals surface area contributed by atoms with Crippen LogP contribution in [0.5, 0.6) is 0 Å². The number of aliphatic hydroxyl groups is 1. The van der Waals surface area contributed by atoms with Crippen molar-refractivity contribution in [1.82, 2.24) is 5.32 Å². The molecule has 0 saturated heterocycles.